The number of hydrogen-bond acceptors (Lipinski definition) is 6. The van der Waals surface area contributed by atoms with Gasteiger partial charge in [-0.1, -0.05) is 13.2 Å². The first-order chi connectivity index (χ1) is 12.0. The Morgan fingerprint density at radius 2 is 1.72 bits per heavy atom. The number of rotatable bonds is 5. The van der Waals surface area contributed by atoms with Crippen LogP contribution in [-0.4, -0.2) is 24.9 Å². The first-order valence-electron chi connectivity index (χ1n) is 7.11. The third kappa shape index (κ3) is 3.69. The second-order valence-electron chi connectivity index (χ2n) is 4.90. The van der Waals surface area contributed by atoms with Gasteiger partial charge in [0.2, 0.25) is 0 Å². The number of aromatic nitrogens is 5. The number of pyridine rings is 1. The van der Waals surface area contributed by atoms with Gasteiger partial charge in [0, 0.05) is 30.5 Å². The van der Waals surface area contributed by atoms with Crippen molar-refractivity contribution in [1.82, 2.24) is 24.9 Å². The van der Waals surface area contributed by atoms with E-state index in [0.717, 1.165) is 6.08 Å². The van der Waals surface area contributed by atoms with Crippen molar-refractivity contribution in [2.24, 2.45) is 0 Å². The lowest BCUT2D eigenvalue weighted by Gasteiger charge is -2.10. The maximum Gasteiger partial charge on any atom is 0.184 e. The van der Waals surface area contributed by atoms with Gasteiger partial charge in [-0.2, -0.15) is 0 Å². The zero-order valence-electron chi connectivity index (χ0n) is 12.9. The van der Waals surface area contributed by atoms with Gasteiger partial charge < -0.3 is 5.32 Å². The van der Waals surface area contributed by atoms with Crippen LogP contribution < -0.4 is 5.32 Å². The molecule has 0 aromatic carbocycles. The highest BCUT2D eigenvalue weighted by Gasteiger charge is 2.16. The molecule has 0 saturated heterocycles. The molecule has 3 heterocycles. The maximum atomic E-state index is 13.8. The molecule has 6 nitrogen and oxygen atoms in total. The Morgan fingerprint density at radius 3 is 2.40 bits per heavy atom. The van der Waals surface area contributed by atoms with Gasteiger partial charge in [0.1, 0.15) is 11.7 Å². The zero-order valence-corrected chi connectivity index (χ0v) is 12.9. The van der Waals surface area contributed by atoms with E-state index in [4.69, 9.17) is 0 Å². The summed E-state index contributed by atoms with van der Waals surface area (Å²) in [5, 5.41) is 3.05. The summed E-state index contributed by atoms with van der Waals surface area (Å²) in [7, 11) is 0. The van der Waals surface area contributed by atoms with E-state index in [-0.39, 0.29) is 22.9 Å². The van der Waals surface area contributed by atoms with Gasteiger partial charge >= 0.3 is 0 Å². The molecule has 8 heteroatoms. The fourth-order valence-electron chi connectivity index (χ4n) is 2.06. The van der Waals surface area contributed by atoms with Gasteiger partial charge in [0.25, 0.3) is 0 Å². The van der Waals surface area contributed by atoms with Gasteiger partial charge in [-0.25, -0.2) is 28.7 Å². The molecule has 0 saturated carbocycles. The Balaban J connectivity index is 2.18. The highest BCUT2D eigenvalue weighted by Crippen LogP contribution is 2.27. The molecule has 25 heavy (non-hydrogen) atoms. The fourth-order valence-corrected chi connectivity index (χ4v) is 2.06. The molecular weight excluding hydrogens is 326 g/mol. The largest absolute Gasteiger partial charge is 0.338 e. The number of nitrogens with one attached hydrogen (secondary N) is 1. The molecule has 3 aromatic heterocycles. The topological polar surface area (TPSA) is 76.5 Å². The Labute approximate surface area is 141 Å². The molecule has 0 aliphatic carbocycles. The van der Waals surface area contributed by atoms with E-state index in [1.54, 1.807) is 24.5 Å². The molecule has 1 N–H and O–H groups in total. The van der Waals surface area contributed by atoms with Crippen molar-refractivity contribution in [3.63, 3.8) is 0 Å². The fraction of sp³-hybridized carbons (Fsp3) is 0. The monoisotopic (exact) mass is 338 g/mol. The van der Waals surface area contributed by atoms with E-state index < -0.39 is 11.7 Å². The van der Waals surface area contributed by atoms with Crippen LogP contribution in [0, 0.1) is 0 Å². The van der Waals surface area contributed by atoms with Gasteiger partial charge in [0.15, 0.2) is 22.8 Å². The van der Waals surface area contributed by atoms with Crippen LogP contribution in [0.5, 0.6) is 0 Å². The first-order valence-corrected chi connectivity index (χ1v) is 7.11. The number of fused-ring (bicyclic) bond motifs is 1. The Bertz CT molecular complexity index is 985. The third-order valence-corrected chi connectivity index (χ3v) is 3.11. The van der Waals surface area contributed by atoms with Crippen LogP contribution in [0.4, 0.5) is 20.3 Å². The molecule has 3 rings (SSSR count). The van der Waals surface area contributed by atoms with Crippen molar-refractivity contribution >= 4 is 28.2 Å². The smallest absolute Gasteiger partial charge is 0.184 e. The van der Waals surface area contributed by atoms with Crippen molar-refractivity contribution in [3.05, 3.63) is 73.6 Å². The maximum absolute atomic E-state index is 13.8. The number of halogens is 2. The normalized spacial score (nSPS) is 11.4. The van der Waals surface area contributed by atoms with Gasteiger partial charge in [-0.3, -0.25) is 4.98 Å². The van der Waals surface area contributed by atoms with E-state index in [1.165, 1.54) is 12.4 Å². The van der Waals surface area contributed by atoms with E-state index in [9.17, 15) is 8.78 Å². The van der Waals surface area contributed by atoms with E-state index in [1.807, 2.05) is 0 Å². The van der Waals surface area contributed by atoms with Gasteiger partial charge in [-0.15, -0.1) is 0 Å². The first kappa shape index (κ1) is 16.3. The predicted octanol–water partition coefficient (Wildman–Crippen LogP) is 3.91. The molecule has 0 amide bonds. The van der Waals surface area contributed by atoms with Crippen LogP contribution in [0.3, 0.4) is 0 Å². The number of anilines is 2. The van der Waals surface area contributed by atoms with Crippen LogP contribution in [-0.2, 0) is 0 Å². The third-order valence-electron chi connectivity index (χ3n) is 3.11. The summed E-state index contributed by atoms with van der Waals surface area (Å²) in [5.74, 6) is -1.54. The van der Waals surface area contributed by atoms with Crippen molar-refractivity contribution < 1.29 is 8.78 Å². The number of allylic oxidation sites excluding steroid dienone is 4. The van der Waals surface area contributed by atoms with Crippen molar-refractivity contribution in [2.45, 2.75) is 0 Å². The molecule has 3 aromatic rings. The molecule has 0 bridgehead atoms. The standard InChI is InChI=1S/C17H12F2N6/c1-10(18)9-13(11(2)19)15-24-16-14(21-7-8-22-16)17(25-15)23-12-3-5-20-6-4-12/h3-9H,1-2H2,(H,20,22,23,24,25)/b13-9+. The number of nitrogens with zero attached hydrogens (tertiary/aromatic N) is 5. The summed E-state index contributed by atoms with van der Waals surface area (Å²) >= 11 is 0. The van der Waals surface area contributed by atoms with Crippen LogP contribution in [0.1, 0.15) is 5.82 Å². The lowest BCUT2D eigenvalue weighted by molar-refractivity contribution is 0.660. The quantitative estimate of drug-likeness (QED) is 0.711. The Hall–Kier alpha value is -3.55. The summed E-state index contributed by atoms with van der Waals surface area (Å²) in [4.78, 5) is 20.6. The predicted molar refractivity (Wildman–Crippen MR) is 91.1 cm³/mol. The SMILES string of the molecule is C=C(F)/C=C(\C(=C)F)c1nc(Nc2ccncc2)c2nccnc2n1. The minimum atomic E-state index is -0.892. The molecule has 124 valence electrons. The molecule has 0 fully saturated rings. The lowest BCUT2D eigenvalue weighted by atomic mass is 10.2. The second-order valence-corrected chi connectivity index (χ2v) is 4.90. The van der Waals surface area contributed by atoms with Gasteiger partial charge in [-0.05, 0) is 18.2 Å². The zero-order chi connectivity index (χ0) is 17.8. The highest BCUT2D eigenvalue weighted by molar-refractivity contribution is 5.87. The summed E-state index contributed by atoms with van der Waals surface area (Å²) in [5.41, 5.74) is 1.07. The minimum Gasteiger partial charge on any atom is -0.338 e. The summed E-state index contributed by atoms with van der Waals surface area (Å²) in [6, 6.07) is 3.44. The Morgan fingerprint density at radius 1 is 1.00 bits per heavy atom. The van der Waals surface area contributed by atoms with Crippen molar-refractivity contribution in [2.75, 3.05) is 5.32 Å². The molecule has 0 radical (unpaired) electrons. The second kappa shape index (κ2) is 6.91. The summed E-state index contributed by atoms with van der Waals surface area (Å²) in [6.45, 7) is 6.29. The van der Waals surface area contributed by atoms with Crippen molar-refractivity contribution in [3.8, 4) is 0 Å². The van der Waals surface area contributed by atoms with Gasteiger partial charge in [0.05, 0.1) is 5.57 Å². The van der Waals surface area contributed by atoms with Crippen LogP contribution >= 0.6 is 0 Å². The average Bonchev–Trinajstić information content (AvgIpc) is 2.60. The molecule has 0 unspecified atom stereocenters. The number of hydrogen-bond donors (Lipinski definition) is 1. The molecular formula is C17H12F2N6. The Kier molecular flexibility index (Phi) is 4.51. The van der Waals surface area contributed by atoms with E-state index in [2.05, 4.69) is 43.4 Å². The van der Waals surface area contributed by atoms with E-state index in [0.29, 0.717) is 11.2 Å². The highest BCUT2D eigenvalue weighted by atomic mass is 19.1. The summed E-state index contributed by atoms with van der Waals surface area (Å²) < 4.78 is 26.9. The molecule has 0 spiro atoms. The molecule has 0 aliphatic rings. The van der Waals surface area contributed by atoms with Crippen molar-refractivity contribution in [1.29, 1.82) is 0 Å². The lowest BCUT2D eigenvalue weighted by Crippen LogP contribution is -2.04. The average molecular weight is 338 g/mol. The minimum absolute atomic E-state index is 0.0872. The van der Waals surface area contributed by atoms with Crippen LogP contribution in [0.25, 0.3) is 16.7 Å². The van der Waals surface area contributed by atoms with E-state index >= 15 is 0 Å². The van der Waals surface area contributed by atoms with Crippen LogP contribution in [0.2, 0.25) is 0 Å². The summed E-state index contributed by atoms with van der Waals surface area (Å²) in [6.07, 6.45) is 6.99. The van der Waals surface area contributed by atoms with Crippen LogP contribution in [0.15, 0.2) is 67.8 Å². The molecule has 0 aliphatic heterocycles. The molecule has 0 atom stereocenters.